The summed E-state index contributed by atoms with van der Waals surface area (Å²) in [5.41, 5.74) is 2.62. The average Bonchev–Trinajstić information content (AvgIpc) is 2.29. The molecule has 0 aliphatic carbocycles. The molecule has 1 atom stereocenters. The molecule has 0 radical (unpaired) electrons. The molecule has 1 saturated heterocycles. The molecule has 0 unspecified atom stereocenters. The lowest BCUT2D eigenvalue weighted by molar-refractivity contribution is 0.154. The third-order valence-electron chi connectivity index (χ3n) is 3.32. The van der Waals surface area contributed by atoms with Gasteiger partial charge in [-0.05, 0) is 36.5 Å². The van der Waals surface area contributed by atoms with E-state index in [0.29, 0.717) is 5.92 Å². The van der Waals surface area contributed by atoms with Gasteiger partial charge >= 0.3 is 0 Å². The first-order valence-corrected chi connectivity index (χ1v) is 6.20. The molecular weight excluding hydrogens is 198 g/mol. The first-order valence-electron chi connectivity index (χ1n) is 6.20. The molecule has 2 heteroatoms. The lowest BCUT2D eigenvalue weighted by Gasteiger charge is -2.32. The van der Waals surface area contributed by atoms with Gasteiger partial charge in [0.15, 0.2) is 0 Å². The Morgan fingerprint density at radius 3 is 2.50 bits per heavy atom. The van der Waals surface area contributed by atoms with Crippen molar-refractivity contribution in [2.75, 3.05) is 18.0 Å². The molecule has 0 spiro atoms. The molecule has 2 rings (SSSR count). The lowest BCUT2D eigenvalue weighted by Crippen LogP contribution is -2.38. The summed E-state index contributed by atoms with van der Waals surface area (Å²) < 4.78 is 0. The monoisotopic (exact) mass is 219 g/mol. The van der Waals surface area contributed by atoms with Crippen molar-refractivity contribution in [3.63, 3.8) is 0 Å². The van der Waals surface area contributed by atoms with Crippen molar-refractivity contribution in [1.29, 1.82) is 0 Å². The second-order valence-corrected chi connectivity index (χ2v) is 4.99. The zero-order chi connectivity index (χ0) is 11.5. The normalized spacial score (nSPS) is 21.5. The number of benzene rings is 1. The molecule has 16 heavy (non-hydrogen) atoms. The maximum Gasteiger partial charge on any atom is 0.0715 e. The number of hydrogen-bond donors (Lipinski definition) is 1. The number of β-amino-alcohol motifs (C(OH)–C–C–N with tert-alkyl or cyclic N) is 1. The molecule has 1 aliphatic rings. The lowest BCUT2D eigenvalue weighted by atomic mass is 10.0. The smallest absolute Gasteiger partial charge is 0.0715 e. The fraction of sp³-hybridized carbons (Fsp3) is 0.571. The van der Waals surface area contributed by atoms with Crippen LogP contribution in [0.4, 0.5) is 5.69 Å². The minimum absolute atomic E-state index is 0.154. The highest BCUT2D eigenvalue weighted by Crippen LogP contribution is 2.22. The van der Waals surface area contributed by atoms with Crippen LogP contribution in [0.5, 0.6) is 0 Å². The highest BCUT2D eigenvalue weighted by molar-refractivity contribution is 5.48. The average molecular weight is 219 g/mol. The molecule has 0 amide bonds. The maximum absolute atomic E-state index is 9.64. The summed E-state index contributed by atoms with van der Waals surface area (Å²) in [6, 6.07) is 8.74. The van der Waals surface area contributed by atoms with E-state index in [1.807, 2.05) is 0 Å². The minimum Gasteiger partial charge on any atom is -0.391 e. The maximum atomic E-state index is 9.64. The Kier molecular flexibility index (Phi) is 3.49. The van der Waals surface area contributed by atoms with Crippen molar-refractivity contribution in [2.45, 2.75) is 38.7 Å². The van der Waals surface area contributed by atoms with Gasteiger partial charge in [0.05, 0.1) is 6.10 Å². The Balaban J connectivity index is 2.09. The van der Waals surface area contributed by atoms with Crippen LogP contribution in [0.2, 0.25) is 0 Å². The fourth-order valence-electron chi connectivity index (χ4n) is 2.26. The largest absolute Gasteiger partial charge is 0.391 e. The van der Waals surface area contributed by atoms with E-state index in [9.17, 15) is 5.11 Å². The van der Waals surface area contributed by atoms with Crippen LogP contribution in [0.3, 0.4) is 0 Å². The second kappa shape index (κ2) is 4.88. The first kappa shape index (κ1) is 11.5. The second-order valence-electron chi connectivity index (χ2n) is 4.99. The summed E-state index contributed by atoms with van der Waals surface area (Å²) in [6.45, 7) is 6.26. The van der Waals surface area contributed by atoms with Crippen molar-refractivity contribution < 1.29 is 5.11 Å². The zero-order valence-corrected chi connectivity index (χ0v) is 10.2. The Morgan fingerprint density at radius 2 is 1.94 bits per heavy atom. The van der Waals surface area contributed by atoms with Crippen molar-refractivity contribution >= 4 is 5.69 Å². The van der Waals surface area contributed by atoms with Crippen molar-refractivity contribution in [3.8, 4) is 0 Å². The topological polar surface area (TPSA) is 23.5 Å². The van der Waals surface area contributed by atoms with Gasteiger partial charge < -0.3 is 10.0 Å². The van der Waals surface area contributed by atoms with Crippen LogP contribution in [-0.4, -0.2) is 24.3 Å². The van der Waals surface area contributed by atoms with Gasteiger partial charge in [-0.1, -0.05) is 26.0 Å². The summed E-state index contributed by atoms with van der Waals surface area (Å²) in [7, 11) is 0. The van der Waals surface area contributed by atoms with Crippen LogP contribution in [0.1, 0.15) is 38.2 Å². The number of piperidine rings is 1. The van der Waals surface area contributed by atoms with Crippen molar-refractivity contribution in [1.82, 2.24) is 0 Å². The molecule has 1 N–H and O–H groups in total. The Bertz CT molecular complexity index is 331. The molecule has 1 fully saturated rings. The van der Waals surface area contributed by atoms with E-state index in [1.165, 1.54) is 11.3 Å². The number of anilines is 1. The SMILES string of the molecule is CC(C)c1ccc(N2CCC[C@@H](O)C2)cc1. The summed E-state index contributed by atoms with van der Waals surface area (Å²) in [6.07, 6.45) is 1.88. The summed E-state index contributed by atoms with van der Waals surface area (Å²) in [4.78, 5) is 2.28. The third kappa shape index (κ3) is 2.56. The molecule has 1 aromatic rings. The van der Waals surface area contributed by atoms with E-state index in [4.69, 9.17) is 0 Å². The van der Waals surface area contributed by atoms with Crippen molar-refractivity contribution in [2.24, 2.45) is 0 Å². The molecule has 2 nitrogen and oxygen atoms in total. The van der Waals surface area contributed by atoms with Gasteiger partial charge in [0.1, 0.15) is 0 Å². The van der Waals surface area contributed by atoms with Crippen LogP contribution < -0.4 is 4.90 Å². The summed E-state index contributed by atoms with van der Waals surface area (Å²) >= 11 is 0. The highest BCUT2D eigenvalue weighted by Gasteiger charge is 2.17. The molecule has 1 aromatic carbocycles. The van der Waals surface area contributed by atoms with Gasteiger partial charge in [0.25, 0.3) is 0 Å². The van der Waals surface area contributed by atoms with Gasteiger partial charge in [0, 0.05) is 18.8 Å². The van der Waals surface area contributed by atoms with Crippen LogP contribution in [0, 0.1) is 0 Å². The van der Waals surface area contributed by atoms with Crippen LogP contribution >= 0.6 is 0 Å². The molecule has 1 heterocycles. The van der Waals surface area contributed by atoms with Gasteiger partial charge in [-0.25, -0.2) is 0 Å². The predicted molar refractivity (Wildman–Crippen MR) is 68.0 cm³/mol. The van der Waals surface area contributed by atoms with Gasteiger partial charge in [0.2, 0.25) is 0 Å². The van der Waals surface area contributed by atoms with Crippen LogP contribution in [0.15, 0.2) is 24.3 Å². The Labute approximate surface area is 97.9 Å². The van der Waals surface area contributed by atoms with Crippen LogP contribution in [0.25, 0.3) is 0 Å². The molecule has 88 valence electrons. The van der Waals surface area contributed by atoms with Crippen LogP contribution in [-0.2, 0) is 0 Å². The number of aliphatic hydroxyl groups is 1. The van der Waals surface area contributed by atoms with Crippen molar-refractivity contribution in [3.05, 3.63) is 29.8 Å². The number of nitrogens with zero attached hydrogens (tertiary/aromatic N) is 1. The van der Waals surface area contributed by atoms with E-state index >= 15 is 0 Å². The number of aliphatic hydroxyl groups excluding tert-OH is 1. The summed E-state index contributed by atoms with van der Waals surface area (Å²) in [5, 5.41) is 9.64. The Hall–Kier alpha value is -1.02. The van der Waals surface area contributed by atoms with Gasteiger partial charge in [-0.15, -0.1) is 0 Å². The number of hydrogen-bond acceptors (Lipinski definition) is 2. The predicted octanol–water partition coefficient (Wildman–Crippen LogP) is 2.77. The zero-order valence-electron chi connectivity index (χ0n) is 10.2. The standard InChI is InChI=1S/C14H21NO/c1-11(2)12-5-7-13(8-6-12)15-9-3-4-14(16)10-15/h5-8,11,14,16H,3-4,9-10H2,1-2H3/t14-/m1/s1. The van der Waals surface area contributed by atoms with E-state index in [0.717, 1.165) is 25.9 Å². The fourth-order valence-corrected chi connectivity index (χ4v) is 2.26. The van der Waals surface area contributed by atoms with E-state index in [-0.39, 0.29) is 6.10 Å². The molecule has 0 saturated carbocycles. The Morgan fingerprint density at radius 1 is 1.25 bits per heavy atom. The van der Waals surface area contributed by atoms with E-state index in [1.54, 1.807) is 0 Å². The van der Waals surface area contributed by atoms with E-state index < -0.39 is 0 Å². The van der Waals surface area contributed by atoms with E-state index in [2.05, 4.69) is 43.0 Å². The van der Waals surface area contributed by atoms with Gasteiger partial charge in [-0.2, -0.15) is 0 Å². The molecular formula is C14H21NO. The first-order chi connectivity index (χ1) is 7.66. The molecule has 0 aromatic heterocycles. The highest BCUT2D eigenvalue weighted by atomic mass is 16.3. The molecule has 0 bridgehead atoms. The minimum atomic E-state index is -0.154. The van der Waals surface area contributed by atoms with Gasteiger partial charge in [-0.3, -0.25) is 0 Å². The quantitative estimate of drug-likeness (QED) is 0.826. The third-order valence-corrected chi connectivity index (χ3v) is 3.32. The summed E-state index contributed by atoms with van der Waals surface area (Å²) in [5.74, 6) is 0.584. The number of rotatable bonds is 2. The molecule has 1 aliphatic heterocycles.